The summed E-state index contributed by atoms with van der Waals surface area (Å²) < 4.78 is 0. The smallest absolute Gasteiger partial charge is 0.241 e. The van der Waals surface area contributed by atoms with Crippen LogP contribution >= 0.6 is 0 Å². The summed E-state index contributed by atoms with van der Waals surface area (Å²) in [5, 5.41) is 3.58. The van der Waals surface area contributed by atoms with Crippen molar-refractivity contribution in [2.75, 3.05) is 6.54 Å². The maximum atomic E-state index is 12.7. The first-order valence-electron chi connectivity index (χ1n) is 8.59. The van der Waals surface area contributed by atoms with Gasteiger partial charge in [-0.2, -0.15) is 0 Å². The normalized spacial score (nSPS) is 29.6. The zero-order valence-corrected chi connectivity index (χ0v) is 13.7. The molecule has 2 atom stereocenters. The van der Waals surface area contributed by atoms with Crippen LogP contribution in [-0.2, 0) is 4.79 Å². The average Bonchev–Trinajstić information content (AvgIpc) is 3.00. The van der Waals surface area contributed by atoms with Gasteiger partial charge in [-0.25, -0.2) is 0 Å². The van der Waals surface area contributed by atoms with E-state index in [-0.39, 0.29) is 12.2 Å². The zero-order valence-electron chi connectivity index (χ0n) is 13.7. The van der Waals surface area contributed by atoms with Crippen molar-refractivity contribution < 1.29 is 4.79 Å². The molecule has 0 aromatic rings. The van der Waals surface area contributed by atoms with Crippen molar-refractivity contribution in [1.82, 2.24) is 10.2 Å². The average molecular weight is 280 g/mol. The van der Waals surface area contributed by atoms with Crippen LogP contribution in [0.25, 0.3) is 0 Å². The molecule has 0 spiro atoms. The van der Waals surface area contributed by atoms with E-state index in [9.17, 15) is 4.79 Å². The predicted octanol–water partition coefficient (Wildman–Crippen LogP) is 3.54. The van der Waals surface area contributed by atoms with Crippen molar-refractivity contribution >= 4 is 5.91 Å². The summed E-state index contributed by atoms with van der Waals surface area (Å²) in [7, 11) is 0. The van der Waals surface area contributed by atoms with Crippen LogP contribution < -0.4 is 5.32 Å². The molecule has 1 heterocycles. The third-order valence-electron chi connectivity index (χ3n) is 5.42. The molecule has 0 radical (unpaired) electrons. The number of carbonyl (C=O) groups is 1. The highest BCUT2D eigenvalue weighted by Gasteiger charge is 2.44. The molecule has 0 aromatic heterocycles. The van der Waals surface area contributed by atoms with Crippen LogP contribution in [0.2, 0.25) is 0 Å². The Morgan fingerprint density at radius 2 is 1.95 bits per heavy atom. The fourth-order valence-electron chi connectivity index (χ4n) is 4.04. The number of amides is 1. The van der Waals surface area contributed by atoms with Crippen LogP contribution in [0.5, 0.6) is 0 Å². The lowest BCUT2D eigenvalue weighted by atomic mass is 9.82. The minimum Gasteiger partial charge on any atom is -0.325 e. The van der Waals surface area contributed by atoms with Gasteiger partial charge in [0, 0.05) is 6.54 Å². The number of rotatable bonds is 6. The lowest BCUT2D eigenvalue weighted by molar-refractivity contribution is -0.132. The van der Waals surface area contributed by atoms with Crippen molar-refractivity contribution in [2.24, 2.45) is 11.3 Å². The number of nitrogens with one attached hydrogen (secondary N) is 1. The second-order valence-corrected chi connectivity index (χ2v) is 7.22. The Labute approximate surface area is 124 Å². The van der Waals surface area contributed by atoms with E-state index in [0.29, 0.717) is 17.2 Å². The van der Waals surface area contributed by atoms with Crippen molar-refractivity contribution in [3.05, 3.63) is 0 Å². The van der Waals surface area contributed by atoms with Gasteiger partial charge in [-0.1, -0.05) is 47.0 Å². The number of hydrogen-bond acceptors (Lipinski definition) is 2. The van der Waals surface area contributed by atoms with Crippen molar-refractivity contribution in [3.8, 4) is 0 Å². The van der Waals surface area contributed by atoms with E-state index < -0.39 is 0 Å². The molecule has 1 saturated heterocycles. The molecule has 1 N–H and O–H groups in total. The SMILES string of the molecule is CCCC1NC(C(C)C)N(CC2(CC)CCCC2)C1=O. The van der Waals surface area contributed by atoms with Gasteiger partial charge in [-0.3, -0.25) is 10.1 Å². The number of carbonyl (C=O) groups excluding carboxylic acids is 1. The number of hydrogen-bond donors (Lipinski definition) is 1. The first kappa shape index (κ1) is 15.8. The minimum atomic E-state index is 0.0581. The fraction of sp³-hybridized carbons (Fsp3) is 0.941. The van der Waals surface area contributed by atoms with Gasteiger partial charge < -0.3 is 4.90 Å². The van der Waals surface area contributed by atoms with Gasteiger partial charge in [0.05, 0.1) is 12.2 Å². The van der Waals surface area contributed by atoms with E-state index >= 15 is 0 Å². The zero-order chi connectivity index (χ0) is 14.8. The van der Waals surface area contributed by atoms with Gasteiger partial charge in [-0.15, -0.1) is 0 Å². The third kappa shape index (κ3) is 3.03. The second-order valence-electron chi connectivity index (χ2n) is 7.22. The van der Waals surface area contributed by atoms with Crippen LogP contribution in [0.3, 0.4) is 0 Å². The topological polar surface area (TPSA) is 32.3 Å². The predicted molar refractivity (Wildman–Crippen MR) is 83.4 cm³/mol. The molecule has 3 nitrogen and oxygen atoms in total. The highest BCUT2D eigenvalue weighted by molar-refractivity contribution is 5.84. The molecule has 116 valence electrons. The second kappa shape index (κ2) is 6.46. The quantitative estimate of drug-likeness (QED) is 0.807. The van der Waals surface area contributed by atoms with Crippen LogP contribution in [0, 0.1) is 11.3 Å². The first-order valence-corrected chi connectivity index (χ1v) is 8.59. The molecule has 1 aliphatic carbocycles. The first-order chi connectivity index (χ1) is 9.53. The molecule has 20 heavy (non-hydrogen) atoms. The molecular formula is C17H32N2O. The Balaban J connectivity index is 2.12. The third-order valence-corrected chi connectivity index (χ3v) is 5.42. The van der Waals surface area contributed by atoms with Gasteiger partial charge in [0.25, 0.3) is 0 Å². The number of nitrogens with zero attached hydrogens (tertiary/aromatic N) is 1. The van der Waals surface area contributed by atoms with Crippen molar-refractivity contribution in [1.29, 1.82) is 0 Å². The summed E-state index contributed by atoms with van der Waals surface area (Å²) in [5.74, 6) is 0.835. The Bertz CT molecular complexity index is 334. The summed E-state index contributed by atoms with van der Waals surface area (Å²) in [5.41, 5.74) is 0.394. The maximum absolute atomic E-state index is 12.7. The fourth-order valence-corrected chi connectivity index (χ4v) is 4.04. The standard InChI is InChI=1S/C17H32N2O/c1-5-9-14-16(20)19(15(18-14)13(3)4)12-17(6-2)10-7-8-11-17/h13-15,18H,5-12H2,1-4H3. The summed E-state index contributed by atoms with van der Waals surface area (Å²) in [6, 6.07) is 0.0581. The molecule has 0 aromatic carbocycles. The highest BCUT2D eigenvalue weighted by Crippen LogP contribution is 2.42. The summed E-state index contributed by atoms with van der Waals surface area (Å²) >= 11 is 0. The van der Waals surface area contributed by atoms with Gasteiger partial charge in [0.2, 0.25) is 5.91 Å². The molecule has 2 aliphatic rings. The largest absolute Gasteiger partial charge is 0.325 e. The van der Waals surface area contributed by atoms with Crippen molar-refractivity contribution in [3.63, 3.8) is 0 Å². The summed E-state index contributed by atoms with van der Waals surface area (Å²) in [6.07, 6.45) is 8.77. The molecule has 1 aliphatic heterocycles. The van der Waals surface area contributed by atoms with Crippen LogP contribution in [0.4, 0.5) is 0 Å². The minimum absolute atomic E-state index is 0.0581. The molecule has 2 unspecified atom stereocenters. The Morgan fingerprint density at radius 1 is 1.30 bits per heavy atom. The van der Waals surface area contributed by atoms with E-state index in [1.165, 1.54) is 32.1 Å². The van der Waals surface area contributed by atoms with E-state index in [4.69, 9.17) is 0 Å². The van der Waals surface area contributed by atoms with Gasteiger partial charge in [0.15, 0.2) is 0 Å². The lowest BCUT2D eigenvalue weighted by Gasteiger charge is -2.36. The molecule has 1 saturated carbocycles. The van der Waals surface area contributed by atoms with E-state index in [1.807, 2.05) is 0 Å². The van der Waals surface area contributed by atoms with Crippen LogP contribution in [0.15, 0.2) is 0 Å². The van der Waals surface area contributed by atoms with Crippen LogP contribution in [0.1, 0.15) is 72.6 Å². The molecular weight excluding hydrogens is 248 g/mol. The van der Waals surface area contributed by atoms with E-state index in [0.717, 1.165) is 19.4 Å². The van der Waals surface area contributed by atoms with Crippen LogP contribution in [-0.4, -0.2) is 29.6 Å². The molecule has 0 bridgehead atoms. The van der Waals surface area contributed by atoms with E-state index in [2.05, 4.69) is 37.9 Å². The van der Waals surface area contributed by atoms with E-state index in [1.54, 1.807) is 0 Å². The Hall–Kier alpha value is -0.570. The monoisotopic (exact) mass is 280 g/mol. The molecule has 3 heteroatoms. The van der Waals surface area contributed by atoms with Gasteiger partial charge >= 0.3 is 0 Å². The molecule has 2 rings (SSSR count). The Kier molecular flexibility index (Phi) is 5.11. The maximum Gasteiger partial charge on any atom is 0.241 e. The molecule has 1 amide bonds. The van der Waals surface area contributed by atoms with Gasteiger partial charge in [-0.05, 0) is 37.0 Å². The van der Waals surface area contributed by atoms with Crippen molar-refractivity contribution in [2.45, 2.75) is 84.8 Å². The molecule has 2 fully saturated rings. The lowest BCUT2D eigenvalue weighted by Crippen LogP contribution is -2.46. The summed E-state index contributed by atoms with van der Waals surface area (Å²) in [6.45, 7) is 9.87. The summed E-state index contributed by atoms with van der Waals surface area (Å²) in [4.78, 5) is 14.9. The van der Waals surface area contributed by atoms with Gasteiger partial charge in [0.1, 0.15) is 0 Å². The highest BCUT2D eigenvalue weighted by atomic mass is 16.2. The Morgan fingerprint density at radius 3 is 2.45 bits per heavy atom.